The fourth-order valence-electron chi connectivity index (χ4n) is 3.84. The van der Waals surface area contributed by atoms with E-state index in [4.69, 9.17) is 4.52 Å². The van der Waals surface area contributed by atoms with E-state index >= 15 is 0 Å². The Labute approximate surface area is 161 Å². The topological polar surface area (TPSA) is 87.0 Å². The summed E-state index contributed by atoms with van der Waals surface area (Å²) in [5.41, 5.74) is 4.38. The van der Waals surface area contributed by atoms with Gasteiger partial charge < -0.3 is 9.09 Å². The molecule has 7 nitrogen and oxygen atoms in total. The van der Waals surface area contributed by atoms with Crippen molar-refractivity contribution < 1.29 is 9.45 Å². The summed E-state index contributed by atoms with van der Waals surface area (Å²) in [6.07, 6.45) is 0. The van der Waals surface area contributed by atoms with E-state index in [1.807, 2.05) is 54.8 Å². The Bertz CT molecular complexity index is 1170. The van der Waals surface area contributed by atoms with Gasteiger partial charge in [-0.3, -0.25) is 10.1 Å². The van der Waals surface area contributed by atoms with Crippen LogP contribution in [0.5, 0.6) is 0 Å². The molecule has 0 bridgehead atoms. The predicted octanol–water partition coefficient (Wildman–Crippen LogP) is 5.13. The molecule has 1 atom stereocenters. The van der Waals surface area contributed by atoms with Crippen molar-refractivity contribution in [3.05, 3.63) is 75.4 Å². The molecule has 0 amide bonds. The van der Waals surface area contributed by atoms with E-state index in [0.717, 1.165) is 22.5 Å². The van der Waals surface area contributed by atoms with Gasteiger partial charge in [-0.1, -0.05) is 35.5 Å². The van der Waals surface area contributed by atoms with Crippen molar-refractivity contribution in [2.75, 3.05) is 0 Å². The monoisotopic (exact) mass is 376 g/mol. The maximum Gasteiger partial charge on any atom is 0.297 e. The number of fused-ring (bicyclic) bond motifs is 1. The number of nitro benzene ring substituents is 1. The Balaban J connectivity index is 2.02. The molecule has 4 aromatic rings. The van der Waals surface area contributed by atoms with Crippen LogP contribution in [0.15, 0.2) is 47.0 Å². The van der Waals surface area contributed by atoms with Crippen molar-refractivity contribution in [3.8, 4) is 11.1 Å². The van der Waals surface area contributed by atoms with Crippen molar-refractivity contribution in [3.63, 3.8) is 0 Å². The van der Waals surface area contributed by atoms with Crippen LogP contribution in [-0.4, -0.2) is 19.6 Å². The first-order valence-corrected chi connectivity index (χ1v) is 9.03. The van der Waals surface area contributed by atoms with Crippen molar-refractivity contribution in [1.29, 1.82) is 0 Å². The number of aromatic nitrogens is 3. The second kappa shape index (κ2) is 6.60. The average molecular weight is 376 g/mol. The molecule has 0 saturated heterocycles. The van der Waals surface area contributed by atoms with E-state index in [0.29, 0.717) is 22.5 Å². The maximum absolute atomic E-state index is 11.8. The molecule has 0 radical (unpaired) electrons. The Kier molecular flexibility index (Phi) is 4.22. The van der Waals surface area contributed by atoms with Crippen LogP contribution >= 0.6 is 0 Å². The highest BCUT2D eigenvalue weighted by Gasteiger charge is 2.25. The van der Waals surface area contributed by atoms with Gasteiger partial charge in [-0.05, 0) is 44.9 Å². The van der Waals surface area contributed by atoms with Gasteiger partial charge in [0.2, 0.25) is 0 Å². The van der Waals surface area contributed by atoms with Gasteiger partial charge in [0, 0.05) is 11.6 Å². The summed E-state index contributed by atoms with van der Waals surface area (Å²) in [7, 11) is 0. The number of hydrogen-bond acceptors (Lipinski definition) is 5. The first-order valence-electron chi connectivity index (χ1n) is 9.03. The molecule has 142 valence electrons. The summed E-state index contributed by atoms with van der Waals surface area (Å²) in [6, 6.07) is 13.5. The van der Waals surface area contributed by atoms with E-state index in [1.54, 1.807) is 13.0 Å². The molecule has 0 aliphatic heterocycles. The molecule has 0 N–H and O–H groups in total. The normalized spacial score (nSPS) is 12.4. The minimum Gasteiger partial charge on any atom is -0.361 e. The highest BCUT2D eigenvalue weighted by molar-refractivity contribution is 5.91. The third kappa shape index (κ3) is 2.76. The van der Waals surface area contributed by atoms with Crippen molar-refractivity contribution >= 4 is 16.7 Å². The lowest BCUT2D eigenvalue weighted by Crippen LogP contribution is -2.08. The number of benzene rings is 2. The number of rotatable bonds is 4. The molecule has 0 unspecified atom stereocenters. The van der Waals surface area contributed by atoms with Crippen LogP contribution in [-0.2, 0) is 0 Å². The lowest BCUT2D eigenvalue weighted by molar-refractivity contribution is -0.383. The van der Waals surface area contributed by atoms with Gasteiger partial charge in [0.05, 0.1) is 22.2 Å². The van der Waals surface area contributed by atoms with Gasteiger partial charge >= 0.3 is 0 Å². The number of nitro groups is 1. The van der Waals surface area contributed by atoms with Gasteiger partial charge in [0.1, 0.15) is 11.6 Å². The van der Waals surface area contributed by atoms with Crippen LogP contribution in [0.2, 0.25) is 0 Å². The Morgan fingerprint density at radius 1 is 1.14 bits per heavy atom. The molecular weight excluding hydrogens is 356 g/mol. The zero-order chi connectivity index (χ0) is 20.0. The van der Waals surface area contributed by atoms with E-state index in [-0.39, 0.29) is 16.7 Å². The molecule has 0 saturated carbocycles. The Morgan fingerprint density at radius 2 is 1.86 bits per heavy atom. The molecule has 7 heteroatoms. The third-order valence-corrected chi connectivity index (χ3v) is 5.14. The predicted molar refractivity (Wildman–Crippen MR) is 106 cm³/mol. The lowest BCUT2D eigenvalue weighted by Gasteiger charge is -2.17. The fourth-order valence-corrected chi connectivity index (χ4v) is 3.84. The minimum atomic E-state index is -0.381. The molecule has 2 aromatic heterocycles. The zero-order valence-corrected chi connectivity index (χ0v) is 16.1. The van der Waals surface area contributed by atoms with Gasteiger partial charge in [0.25, 0.3) is 5.69 Å². The van der Waals surface area contributed by atoms with E-state index in [9.17, 15) is 10.1 Å². The van der Waals surface area contributed by atoms with E-state index in [2.05, 4.69) is 17.1 Å². The zero-order valence-electron chi connectivity index (χ0n) is 16.1. The van der Waals surface area contributed by atoms with Crippen LogP contribution in [0.1, 0.15) is 35.8 Å². The summed E-state index contributed by atoms with van der Waals surface area (Å²) < 4.78 is 7.31. The van der Waals surface area contributed by atoms with Crippen LogP contribution < -0.4 is 0 Å². The summed E-state index contributed by atoms with van der Waals surface area (Å²) in [5, 5.41) is 15.8. The van der Waals surface area contributed by atoms with Crippen molar-refractivity contribution in [2.45, 2.75) is 33.7 Å². The first-order chi connectivity index (χ1) is 13.4. The highest BCUT2D eigenvalue weighted by atomic mass is 16.6. The number of nitrogens with zero attached hydrogens (tertiary/aromatic N) is 4. The average Bonchev–Trinajstić information content (AvgIpc) is 3.19. The third-order valence-electron chi connectivity index (χ3n) is 5.14. The van der Waals surface area contributed by atoms with E-state index in [1.165, 1.54) is 0 Å². The molecule has 0 aliphatic carbocycles. The van der Waals surface area contributed by atoms with Gasteiger partial charge in [0.15, 0.2) is 5.52 Å². The molecular formula is C21H20N4O3. The highest BCUT2D eigenvalue weighted by Crippen LogP contribution is 2.37. The molecule has 0 spiro atoms. The Hall–Kier alpha value is -3.48. The molecule has 2 heterocycles. The SMILES string of the molecule is Cc1noc(C)c1-c1cc([N+](=O)[O-])c2nc(C)n([C@@H](C)c3ccccc3)c2c1. The quantitative estimate of drug-likeness (QED) is 0.364. The largest absolute Gasteiger partial charge is 0.361 e. The first kappa shape index (κ1) is 17.9. The minimum absolute atomic E-state index is 0.0189. The second-order valence-electron chi connectivity index (χ2n) is 6.94. The number of aryl methyl sites for hydroxylation is 3. The summed E-state index contributed by atoms with van der Waals surface area (Å²) in [4.78, 5) is 15.9. The van der Waals surface area contributed by atoms with Crippen molar-refractivity contribution in [1.82, 2.24) is 14.7 Å². The molecule has 0 aliphatic rings. The van der Waals surface area contributed by atoms with Gasteiger partial charge in [-0.2, -0.15) is 0 Å². The van der Waals surface area contributed by atoms with Crippen LogP contribution in [0, 0.1) is 30.9 Å². The molecule has 2 aromatic carbocycles. The molecule has 0 fully saturated rings. The summed E-state index contributed by atoms with van der Waals surface area (Å²) in [6.45, 7) is 7.58. The van der Waals surface area contributed by atoms with Crippen LogP contribution in [0.4, 0.5) is 5.69 Å². The smallest absolute Gasteiger partial charge is 0.297 e. The summed E-state index contributed by atoms with van der Waals surface area (Å²) >= 11 is 0. The fraction of sp³-hybridized carbons (Fsp3) is 0.238. The van der Waals surface area contributed by atoms with Crippen LogP contribution in [0.3, 0.4) is 0 Å². The van der Waals surface area contributed by atoms with Crippen LogP contribution in [0.25, 0.3) is 22.2 Å². The second-order valence-corrected chi connectivity index (χ2v) is 6.94. The standard InChI is InChI=1S/C21H20N4O3/c1-12-20(14(3)28-23-12)17-10-18-21(19(11-17)25(26)27)22-15(4)24(18)13(2)16-8-6-5-7-9-16/h5-11,13H,1-4H3/t13-/m0/s1. The summed E-state index contributed by atoms with van der Waals surface area (Å²) in [5.74, 6) is 1.36. The van der Waals surface area contributed by atoms with Crippen molar-refractivity contribution in [2.24, 2.45) is 0 Å². The molecule has 4 rings (SSSR count). The Morgan fingerprint density at radius 3 is 2.46 bits per heavy atom. The van der Waals surface area contributed by atoms with Gasteiger partial charge in [-0.15, -0.1) is 0 Å². The van der Waals surface area contributed by atoms with Gasteiger partial charge in [-0.25, -0.2) is 4.98 Å². The molecule has 28 heavy (non-hydrogen) atoms. The number of non-ortho nitro benzene ring substituents is 1. The lowest BCUT2D eigenvalue weighted by atomic mass is 10.0. The number of imidazole rings is 1. The maximum atomic E-state index is 11.8. The van der Waals surface area contributed by atoms with E-state index < -0.39 is 0 Å². The number of hydrogen-bond donors (Lipinski definition) is 0.